The standard InChI is InChI=1S/C17H23N3O3S/c1-3-24(21,22)20-8-5-14(6-9-20)19-17-11-15(23-2)10-13-4-7-18-12-16(13)17/h4,7,10-12,14,19H,3,5-6,8-9H2,1-2H3. The molecule has 0 unspecified atom stereocenters. The van der Waals surface area contributed by atoms with Crippen LogP contribution in [0.5, 0.6) is 5.75 Å². The van der Waals surface area contributed by atoms with Crippen LogP contribution in [0.15, 0.2) is 30.6 Å². The van der Waals surface area contributed by atoms with Crippen LogP contribution in [0.25, 0.3) is 10.8 Å². The van der Waals surface area contributed by atoms with Crippen LogP contribution in [0, 0.1) is 0 Å². The number of anilines is 1. The summed E-state index contributed by atoms with van der Waals surface area (Å²) < 4.78 is 30.9. The van der Waals surface area contributed by atoms with Gasteiger partial charge < -0.3 is 10.1 Å². The quantitative estimate of drug-likeness (QED) is 0.898. The lowest BCUT2D eigenvalue weighted by Gasteiger charge is -2.32. The van der Waals surface area contributed by atoms with Crippen molar-refractivity contribution in [1.82, 2.24) is 9.29 Å². The highest BCUT2D eigenvalue weighted by Crippen LogP contribution is 2.30. The number of nitrogens with zero attached hydrogens (tertiary/aromatic N) is 2. The van der Waals surface area contributed by atoms with Gasteiger partial charge >= 0.3 is 0 Å². The Morgan fingerprint density at radius 1 is 1.33 bits per heavy atom. The van der Waals surface area contributed by atoms with E-state index in [0.717, 1.165) is 35.1 Å². The van der Waals surface area contributed by atoms with Crippen LogP contribution in [0.1, 0.15) is 19.8 Å². The van der Waals surface area contributed by atoms with Crippen molar-refractivity contribution < 1.29 is 13.2 Å². The summed E-state index contributed by atoms with van der Waals surface area (Å²) in [6.45, 7) is 2.82. The van der Waals surface area contributed by atoms with E-state index in [1.807, 2.05) is 24.4 Å². The molecule has 1 aromatic carbocycles. The summed E-state index contributed by atoms with van der Waals surface area (Å²) in [5.74, 6) is 0.958. The van der Waals surface area contributed by atoms with Crippen LogP contribution < -0.4 is 10.1 Å². The second kappa shape index (κ2) is 6.94. The number of piperidine rings is 1. The molecule has 24 heavy (non-hydrogen) atoms. The van der Waals surface area contributed by atoms with Crippen LogP contribution in [0.3, 0.4) is 0 Å². The number of hydrogen-bond acceptors (Lipinski definition) is 5. The first-order valence-electron chi connectivity index (χ1n) is 8.19. The molecule has 1 fully saturated rings. The molecule has 1 saturated heterocycles. The van der Waals surface area contributed by atoms with Gasteiger partial charge in [-0.25, -0.2) is 12.7 Å². The van der Waals surface area contributed by atoms with Crippen LogP contribution >= 0.6 is 0 Å². The highest BCUT2D eigenvalue weighted by atomic mass is 32.2. The van der Waals surface area contributed by atoms with Crippen LogP contribution in [-0.4, -0.2) is 49.7 Å². The topological polar surface area (TPSA) is 71.5 Å². The van der Waals surface area contributed by atoms with Gasteiger partial charge in [0.1, 0.15) is 5.75 Å². The first-order valence-corrected chi connectivity index (χ1v) is 9.80. The number of fused-ring (bicyclic) bond motifs is 1. The Morgan fingerprint density at radius 2 is 2.08 bits per heavy atom. The minimum absolute atomic E-state index is 0.164. The van der Waals surface area contributed by atoms with Gasteiger partial charge in [-0.2, -0.15) is 0 Å². The molecule has 0 amide bonds. The van der Waals surface area contributed by atoms with Crippen LogP contribution in [-0.2, 0) is 10.0 Å². The molecule has 2 aromatic rings. The Bertz CT molecular complexity index is 815. The molecule has 2 heterocycles. The van der Waals surface area contributed by atoms with Gasteiger partial charge in [0.05, 0.1) is 12.9 Å². The normalized spacial score (nSPS) is 17.1. The van der Waals surface area contributed by atoms with Crippen LogP contribution in [0.4, 0.5) is 5.69 Å². The Kier molecular flexibility index (Phi) is 4.91. The SMILES string of the molecule is CCS(=O)(=O)N1CCC(Nc2cc(OC)cc3ccncc23)CC1. The van der Waals surface area contributed by atoms with E-state index in [1.54, 1.807) is 24.5 Å². The second-order valence-electron chi connectivity index (χ2n) is 5.99. The fraction of sp³-hybridized carbons (Fsp3) is 0.471. The lowest BCUT2D eigenvalue weighted by atomic mass is 10.0. The smallest absolute Gasteiger partial charge is 0.213 e. The number of sulfonamides is 1. The molecule has 0 spiro atoms. The van der Waals surface area contributed by atoms with Gasteiger partial charge in [-0.3, -0.25) is 4.98 Å². The molecule has 1 aliphatic heterocycles. The number of pyridine rings is 1. The molecule has 0 atom stereocenters. The van der Waals surface area contributed by atoms with Crippen molar-refractivity contribution in [2.24, 2.45) is 0 Å². The maximum absolute atomic E-state index is 12.0. The molecule has 7 heteroatoms. The summed E-state index contributed by atoms with van der Waals surface area (Å²) in [5.41, 5.74) is 0.981. The molecule has 3 rings (SSSR count). The zero-order valence-electron chi connectivity index (χ0n) is 14.0. The lowest BCUT2D eigenvalue weighted by Crippen LogP contribution is -2.42. The number of nitrogens with one attached hydrogen (secondary N) is 1. The highest BCUT2D eigenvalue weighted by molar-refractivity contribution is 7.89. The number of aromatic nitrogens is 1. The van der Waals surface area contributed by atoms with Gasteiger partial charge in [0.15, 0.2) is 0 Å². The van der Waals surface area contributed by atoms with E-state index >= 15 is 0 Å². The summed E-state index contributed by atoms with van der Waals surface area (Å²) >= 11 is 0. The average molecular weight is 349 g/mol. The molecule has 130 valence electrons. The lowest BCUT2D eigenvalue weighted by molar-refractivity contribution is 0.330. The van der Waals surface area contributed by atoms with E-state index in [2.05, 4.69) is 10.3 Å². The fourth-order valence-electron chi connectivity index (χ4n) is 3.09. The molecule has 6 nitrogen and oxygen atoms in total. The summed E-state index contributed by atoms with van der Waals surface area (Å²) in [7, 11) is -1.43. The third-order valence-electron chi connectivity index (χ3n) is 4.54. The van der Waals surface area contributed by atoms with Crippen molar-refractivity contribution in [1.29, 1.82) is 0 Å². The largest absolute Gasteiger partial charge is 0.497 e. The predicted octanol–water partition coefficient (Wildman–Crippen LogP) is 2.47. The molecule has 1 aromatic heterocycles. The molecule has 1 N–H and O–H groups in total. The number of ether oxygens (including phenoxy) is 1. The van der Waals surface area contributed by atoms with Crippen molar-refractivity contribution in [2.45, 2.75) is 25.8 Å². The van der Waals surface area contributed by atoms with Gasteiger partial charge in [0.25, 0.3) is 0 Å². The second-order valence-corrected chi connectivity index (χ2v) is 8.25. The van der Waals surface area contributed by atoms with E-state index in [9.17, 15) is 8.42 Å². The van der Waals surface area contributed by atoms with Gasteiger partial charge in [-0.1, -0.05) is 0 Å². The highest BCUT2D eigenvalue weighted by Gasteiger charge is 2.26. The fourth-order valence-corrected chi connectivity index (χ4v) is 4.22. The van der Waals surface area contributed by atoms with Gasteiger partial charge in [-0.05, 0) is 37.3 Å². The van der Waals surface area contributed by atoms with E-state index in [-0.39, 0.29) is 11.8 Å². The number of rotatable bonds is 5. The molecule has 1 aliphatic rings. The molecule has 0 aliphatic carbocycles. The van der Waals surface area contributed by atoms with Crippen molar-refractivity contribution in [3.05, 3.63) is 30.6 Å². The molecule has 0 saturated carbocycles. The van der Waals surface area contributed by atoms with Crippen LogP contribution in [0.2, 0.25) is 0 Å². The van der Waals surface area contributed by atoms with E-state index in [4.69, 9.17) is 4.74 Å². The van der Waals surface area contributed by atoms with E-state index in [1.165, 1.54) is 0 Å². The van der Waals surface area contributed by atoms with E-state index in [0.29, 0.717) is 13.1 Å². The summed E-state index contributed by atoms with van der Waals surface area (Å²) in [5, 5.41) is 5.66. The van der Waals surface area contributed by atoms with Gasteiger partial charge in [0, 0.05) is 48.7 Å². The zero-order chi connectivity index (χ0) is 17.2. The van der Waals surface area contributed by atoms with Crippen molar-refractivity contribution >= 4 is 26.5 Å². The van der Waals surface area contributed by atoms with Crippen molar-refractivity contribution in [3.8, 4) is 5.75 Å². The third-order valence-corrected chi connectivity index (χ3v) is 6.42. The summed E-state index contributed by atoms with van der Waals surface area (Å²) in [6, 6.07) is 6.15. The number of methoxy groups -OCH3 is 1. The minimum Gasteiger partial charge on any atom is -0.497 e. The summed E-state index contributed by atoms with van der Waals surface area (Å²) in [6.07, 6.45) is 5.18. The average Bonchev–Trinajstić information content (AvgIpc) is 2.62. The predicted molar refractivity (Wildman–Crippen MR) is 96.0 cm³/mol. The zero-order valence-corrected chi connectivity index (χ0v) is 14.8. The molecule has 0 radical (unpaired) electrons. The number of hydrogen-bond donors (Lipinski definition) is 1. The maximum Gasteiger partial charge on any atom is 0.213 e. The maximum atomic E-state index is 12.0. The number of benzene rings is 1. The Hall–Kier alpha value is -1.86. The molecular formula is C17H23N3O3S. The minimum atomic E-state index is -3.09. The van der Waals surface area contributed by atoms with E-state index < -0.39 is 10.0 Å². The van der Waals surface area contributed by atoms with Crippen molar-refractivity contribution in [2.75, 3.05) is 31.3 Å². The Balaban J connectivity index is 1.77. The van der Waals surface area contributed by atoms with Gasteiger partial charge in [-0.15, -0.1) is 0 Å². The third kappa shape index (κ3) is 3.47. The summed E-state index contributed by atoms with van der Waals surface area (Å²) in [4.78, 5) is 4.21. The monoisotopic (exact) mass is 349 g/mol. The van der Waals surface area contributed by atoms with Crippen molar-refractivity contribution in [3.63, 3.8) is 0 Å². The molecule has 0 bridgehead atoms. The van der Waals surface area contributed by atoms with Gasteiger partial charge in [0.2, 0.25) is 10.0 Å². The molecular weight excluding hydrogens is 326 g/mol. The first kappa shape index (κ1) is 17.0. The Labute approximate surface area is 142 Å². The Morgan fingerprint density at radius 3 is 2.75 bits per heavy atom. The first-order chi connectivity index (χ1) is 11.5.